The van der Waals surface area contributed by atoms with E-state index in [0.29, 0.717) is 17.1 Å². The van der Waals surface area contributed by atoms with Crippen LogP contribution in [0, 0.1) is 10.7 Å². The number of imidazole rings is 1. The summed E-state index contributed by atoms with van der Waals surface area (Å²) in [5, 5.41) is 2.97. The van der Waals surface area contributed by atoms with E-state index >= 15 is 0 Å². The van der Waals surface area contributed by atoms with Crippen LogP contribution in [0.15, 0.2) is 36.7 Å². The van der Waals surface area contributed by atoms with Crippen LogP contribution < -0.4 is 5.32 Å². The van der Waals surface area contributed by atoms with Crippen molar-refractivity contribution in [2.45, 2.75) is 25.7 Å². The van der Waals surface area contributed by atoms with E-state index in [0.717, 1.165) is 43.9 Å². The highest BCUT2D eigenvalue weighted by Crippen LogP contribution is 2.20. The molecule has 1 amide bonds. The number of H-pyrrole nitrogens is 1. The van der Waals surface area contributed by atoms with Gasteiger partial charge >= 0.3 is 0 Å². The Labute approximate surface area is 140 Å². The maximum atomic E-state index is 12.1. The molecule has 1 aliphatic heterocycles. The first-order valence-electron chi connectivity index (χ1n) is 7.96. The number of anilines is 1. The van der Waals surface area contributed by atoms with Crippen molar-refractivity contribution < 1.29 is 9.53 Å². The van der Waals surface area contributed by atoms with Crippen LogP contribution in [0.3, 0.4) is 0 Å². The lowest BCUT2D eigenvalue weighted by Gasteiger charge is -2.21. The fourth-order valence-electron chi connectivity index (χ4n) is 2.85. The van der Waals surface area contributed by atoms with E-state index in [1.165, 1.54) is 0 Å². The molecule has 3 rings (SSSR count). The lowest BCUT2D eigenvalue weighted by Crippen LogP contribution is -2.20. The molecule has 1 saturated heterocycles. The molecule has 0 bridgehead atoms. The van der Waals surface area contributed by atoms with Crippen molar-refractivity contribution in [3.8, 4) is 5.69 Å². The van der Waals surface area contributed by atoms with Crippen molar-refractivity contribution >= 4 is 23.8 Å². The zero-order valence-corrected chi connectivity index (χ0v) is 13.8. The van der Waals surface area contributed by atoms with Gasteiger partial charge in [-0.05, 0) is 55.6 Å². The Hall–Kier alpha value is -1.92. The van der Waals surface area contributed by atoms with Crippen LogP contribution in [0.5, 0.6) is 0 Å². The predicted octanol–water partition coefficient (Wildman–Crippen LogP) is 3.68. The number of rotatable bonds is 5. The minimum absolute atomic E-state index is 0.0467. The third-order valence-electron chi connectivity index (χ3n) is 4.09. The van der Waals surface area contributed by atoms with Crippen LogP contribution >= 0.6 is 12.2 Å². The summed E-state index contributed by atoms with van der Waals surface area (Å²) in [6, 6.07) is 7.68. The Morgan fingerprint density at radius 3 is 3.13 bits per heavy atom. The number of amides is 1. The SMILES string of the molecule is O=C(CC[C@H]1CCCOC1)Nc1cccc(-n2cc[nH]c2=S)c1. The number of aromatic amines is 1. The highest BCUT2D eigenvalue weighted by Gasteiger charge is 2.15. The van der Waals surface area contributed by atoms with Gasteiger partial charge in [0.2, 0.25) is 5.91 Å². The molecule has 1 aliphatic rings. The molecule has 0 saturated carbocycles. The Balaban J connectivity index is 1.58. The largest absolute Gasteiger partial charge is 0.381 e. The lowest BCUT2D eigenvalue weighted by atomic mass is 9.97. The van der Waals surface area contributed by atoms with Gasteiger partial charge in [0.25, 0.3) is 0 Å². The molecular formula is C17H21N3O2S. The highest BCUT2D eigenvalue weighted by atomic mass is 32.1. The third-order valence-corrected chi connectivity index (χ3v) is 4.41. The van der Waals surface area contributed by atoms with Crippen molar-refractivity contribution in [1.29, 1.82) is 0 Å². The molecule has 0 spiro atoms. The number of ether oxygens (including phenoxy) is 1. The number of hydrogen-bond donors (Lipinski definition) is 2. The third kappa shape index (κ3) is 4.30. The van der Waals surface area contributed by atoms with Crippen molar-refractivity contribution in [2.24, 2.45) is 5.92 Å². The van der Waals surface area contributed by atoms with Crippen LogP contribution in [0.2, 0.25) is 0 Å². The molecule has 122 valence electrons. The average molecular weight is 331 g/mol. The Bertz CT molecular complexity index is 716. The monoisotopic (exact) mass is 331 g/mol. The summed E-state index contributed by atoms with van der Waals surface area (Å²) in [6.45, 7) is 1.64. The normalized spacial score (nSPS) is 17.8. The first-order chi connectivity index (χ1) is 11.2. The minimum Gasteiger partial charge on any atom is -0.381 e. The van der Waals surface area contributed by atoms with Crippen LogP contribution in [0.25, 0.3) is 5.69 Å². The molecule has 1 aromatic carbocycles. The summed E-state index contributed by atoms with van der Waals surface area (Å²) in [7, 11) is 0. The van der Waals surface area contributed by atoms with Gasteiger partial charge in [-0.3, -0.25) is 9.36 Å². The van der Waals surface area contributed by atoms with Crippen LogP contribution in [-0.2, 0) is 9.53 Å². The van der Waals surface area contributed by atoms with Gasteiger partial charge in [-0.1, -0.05) is 6.07 Å². The van der Waals surface area contributed by atoms with Gasteiger partial charge in [0.15, 0.2) is 4.77 Å². The van der Waals surface area contributed by atoms with Gasteiger partial charge in [0, 0.05) is 43.4 Å². The molecule has 2 aromatic rings. The van der Waals surface area contributed by atoms with E-state index in [1.54, 1.807) is 6.20 Å². The van der Waals surface area contributed by atoms with Crippen LogP contribution in [0.4, 0.5) is 5.69 Å². The summed E-state index contributed by atoms with van der Waals surface area (Å²) < 4.78 is 7.95. The van der Waals surface area contributed by atoms with Crippen molar-refractivity contribution in [2.75, 3.05) is 18.5 Å². The molecule has 0 unspecified atom stereocenters. The summed E-state index contributed by atoms with van der Waals surface area (Å²) in [5.74, 6) is 0.560. The van der Waals surface area contributed by atoms with E-state index < -0.39 is 0 Å². The Kier molecular flexibility index (Phi) is 5.25. The number of nitrogens with one attached hydrogen (secondary N) is 2. The maximum absolute atomic E-state index is 12.1. The Morgan fingerprint density at radius 2 is 2.39 bits per heavy atom. The van der Waals surface area contributed by atoms with Gasteiger partial charge in [0.1, 0.15) is 0 Å². The van der Waals surface area contributed by atoms with Crippen molar-refractivity contribution in [3.05, 3.63) is 41.4 Å². The number of carbonyl (C=O) groups excluding carboxylic acids is 1. The summed E-state index contributed by atoms with van der Waals surface area (Å²) >= 11 is 5.22. The second-order valence-electron chi connectivity index (χ2n) is 5.86. The smallest absolute Gasteiger partial charge is 0.224 e. The second kappa shape index (κ2) is 7.57. The first-order valence-corrected chi connectivity index (χ1v) is 8.37. The van der Waals surface area contributed by atoms with Gasteiger partial charge in [-0.25, -0.2) is 0 Å². The molecule has 6 heteroatoms. The van der Waals surface area contributed by atoms with E-state index in [1.807, 2.05) is 35.0 Å². The average Bonchev–Trinajstić information content (AvgIpc) is 3.00. The Morgan fingerprint density at radius 1 is 1.48 bits per heavy atom. The number of carbonyl (C=O) groups is 1. The molecule has 1 atom stereocenters. The summed E-state index contributed by atoms with van der Waals surface area (Å²) in [4.78, 5) is 15.1. The molecule has 23 heavy (non-hydrogen) atoms. The zero-order chi connectivity index (χ0) is 16.1. The zero-order valence-electron chi connectivity index (χ0n) is 13.0. The molecule has 2 heterocycles. The van der Waals surface area contributed by atoms with Crippen LogP contribution in [-0.4, -0.2) is 28.7 Å². The second-order valence-corrected chi connectivity index (χ2v) is 6.24. The van der Waals surface area contributed by atoms with Crippen molar-refractivity contribution in [1.82, 2.24) is 9.55 Å². The van der Waals surface area contributed by atoms with E-state index in [-0.39, 0.29) is 5.91 Å². The van der Waals surface area contributed by atoms with Gasteiger partial charge in [0.05, 0.1) is 0 Å². The molecule has 5 nitrogen and oxygen atoms in total. The number of benzene rings is 1. The van der Waals surface area contributed by atoms with E-state index in [9.17, 15) is 4.79 Å². The number of aromatic nitrogens is 2. The minimum atomic E-state index is 0.0467. The fraction of sp³-hybridized carbons (Fsp3) is 0.412. The number of nitrogens with zero attached hydrogens (tertiary/aromatic N) is 1. The summed E-state index contributed by atoms with van der Waals surface area (Å²) in [6.07, 6.45) is 7.34. The number of hydrogen-bond acceptors (Lipinski definition) is 3. The van der Waals surface area contributed by atoms with Gasteiger partial charge in [-0.15, -0.1) is 0 Å². The molecule has 0 radical (unpaired) electrons. The molecule has 0 aliphatic carbocycles. The maximum Gasteiger partial charge on any atom is 0.224 e. The summed E-state index contributed by atoms with van der Waals surface area (Å²) in [5.41, 5.74) is 1.71. The fourth-order valence-corrected chi connectivity index (χ4v) is 3.09. The van der Waals surface area contributed by atoms with Gasteiger partial charge in [-0.2, -0.15) is 0 Å². The standard InChI is InChI=1S/C17H21N3O2S/c21-16(7-6-13-3-2-10-22-12-13)19-14-4-1-5-15(11-14)20-9-8-18-17(20)23/h1,4-5,8-9,11,13H,2-3,6-7,10,12H2,(H,18,23)(H,19,21)/t13-/m1/s1. The molecule has 2 N–H and O–H groups in total. The molecule has 1 fully saturated rings. The highest BCUT2D eigenvalue weighted by molar-refractivity contribution is 7.71. The lowest BCUT2D eigenvalue weighted by molar-refractivity contribution is -0.116. The quantitative estimate of drug-likeness (QED) is 0.822. The van der Waals surface area contributed by atoms with Gasteiger partial charge < -0.3 is 15.0 Å². The predicted molar refractivity (Wildman–Crippen MR) is 92.4 cm³/mol. The van der Waals surface area contributed by atoms with E-state index in [4.69, 9.17) is 17.0 Å². The molecule has 1 aromatic heterocycles. The van der Waals surface area contributed by atoms with Crippen molar-refractivity contribution in [3.63, 3.8) is 0 Å². The topological polar surface area (TPSA) is 59.0 Å². The first kappa shape index (κ1) is 16.0. The van der Waals surface area contributed by atoms with Crippen LogP contribution in [0.1, 0.15) is 25.7 Å². The molecular weight excluding hydrogens is 310 g/mol. The van der Waals surface area contributed by atoms with E-state index in [2.05, 4.69) is 10.3 Å².